The van der Waals surface area contributed by atoms with Crippen LogP contribution in [-0.2, 0) is 0 Å². The molecule has 1 N–H and O–H groups in total. The quantitative estimate of drug-likeness (QED) is 0.678. The van der Waals surface area contributed by atoms with Gasteiger partial charge in [-0.25, -0.2) is 8.78 Å². The van der Waals surface area contributed by atoms with E-state index in [1.54, 1.807) is 7.05 Å². The van der Waals surface area contributed by atoms with E-state index in [1.807, 2.05) is 0 Å². The summed E-state index contributed by atoms with van der Waals surface area (Å²) in [5, 5.41) is 13.9. The fourth-order valence-electron chi connectivity index (χ4n) is 2.56. The number of halogens is 2. The molecule has 6 nitrogen and oxygen atoms in total. The third-order valence-electron chi connectivity index (χ3n) is 3.54. The highest BCUT2D eigenvalue weighted by atomic mass is 19.2. The molecule has 8 heteroatoms. The number of nitrogens with zero attached hydrogens (tertiary/aromatic N) is 2. The van der Waals surface area contributed by atoms with Crippen LogP contribution in [0.15, 0.2) is 12.1 Å². The minimum absolute atomic E-state index is 0.102. The van der Waals surface area contributed by atoms with Gasteiger partial charge in [-0.2, -0.15) is 0 Å². The first-order chi connectivity index (χ1) is 9.95. The van der Waals surface area contributed by atoms with E-state index in [4.69, 9.17) is 0 Å². The van der Waals surface area contributed by atoms with Gasteiger partial charge >= 0.3 is 0 Å². The molecule has 0 saturated carbocycles. The van der Waals surface area contributed by atoms with Crippen LogP contribution in [0, 0.1) is 21.7 Å². The lowest BCUT2D eigenvalue weighted by Crippen LogP contribution is -2.41. The SMILES string of the molecule is CNCC1CCCN1C(=O)c1cc(F)c(F)cc1[N+](=O)[O-]. The van der Waals surface area contributed by atoms with Crippen molar-refractivity contribution in [2.75, 3.05) is 20.1 Å². The maximum atomic E-state index is 13.3. The summed E-state index contributed by atoms with van der Waals surface area (Å²) in [7, 11) is 1.74. The lowest BCUT2D eigenvalue weighted by atomic mass is 10.1. The molecule has 1 heterocycles. The summed E-state index contributed by atoms with van der Waals surface area (Å²) in [6.07, 6.45) is 1.54. The van der Waals surface area contributed by atoms with E-state index in [2.05, 4.69) is 5.32 Å². The smallest absolute Gasteiger partial charge is 0.285 e. The summed E-state index contributed by atoms with van der Waals surface area (Å²) in [4.78, 5) is 24.0. The summed E-state index contributed by atoms with van der Waals surface area (Å²) < 4.78 is 26.5. The highest BCUT2D eigenvalue weighted by Crippen LogP contribution is 2.27. The van der Waals surface area contributed by atoms with E-state index in [0.29, 0.717) is 25.2 Å². The zero-order valence-electron chi connectivity index (χ0n) is 11.4. The first-order valence-electron chi connectivity index (χ1n) is 6.54. The monoisotopic (exact) mass is 299 g/mol. The Morgan fingerprint density at radius 1 is 1.48 bits per heavy atom. The van der Waals surface area contributed by atoms with Crippen LogP contribution in [-0.4, -0.2) is 41.9 Å². The Kier molecular flexibility index (Phi) is 4.46. The van der Waals surface area contributed by atoms with E-state index in [9.17, 15) is 23.7 Å². The third-order valence-corrected chi connectivity index (χ3v) is 3.54. The van der Waals surface area contributed by atoms with Crippen LogP contribution in [0.2, 0.25) is 0 Å². The maximum absolute atomic E-state index is 13.3. The molecule has 2 rings (SSSR count). The van der Waals surface area contributed by atoms with E-state index in [1.165, 1.54) is 4.90 Å². The van der Waals surface area contributed by atoms with E-state index in [-0.39, 0.29) is 6.04 Å². The van der Waals surface area contributed by atoms with Crippen molar-refractivity contribution >= 4 is 11.6 Å². The van der Waals surface area contributed by atoms with Crippen LogP contribution >= 0.6 is 0 Å². The average Bonchev–Trinajstić information content (AvgIpc) is 2.89. The molecule has 1 fully saturated rings. The second kappa shape index (κ2) is 6.13. The Labute approximate surface area is 119 Å². The molecule has 0 radical (unpaired) electrons. The maximum Gasteiger partial charge on any atom is 0.285 e. The minimum atomic E-state index is -1.34. The lowest BCUT2D eigenvalue weighted by molar-refractivity contribution is -0.385. The number of likely N-dealkylation sites (N-methyl/N-ethyl adjacent to an activating group) is 1. The Morgan fingerprint density at radius 3 is 2.76 bits per heavy atom. The van der Waals surface area contributed by atoms with Crippen molar-refractivity contribution < 1.29 is 18.5 Å². The second-order valence-corrected chi connectivity index (χ2v) is 4.89. The fourth-order valence-corrected chi connectivity index (χ4v) is 2.56. The van der Waals surface area contributed by atoms with Crippen molar-refractivity contribution in [2.45, 2.75) is 18.9 Å². The molecule has 1 aliphatic rings. The summed E-state index contributed by atoms with van der Waals surface area (Å²) in [5.41, 5.74) is -1.13. The number of carbonyl (C=O) groups excluding carboxylic acids is 1. The molecule has 1 aromatic rings. The Bertz CT molecular complexity index is 580. The van der Waals surface area contributed by atoms with Gasteiger partial charge in [-0.1, -0.05) is 0 Å². The molecule has 1 aromatic carbocycles. The van der Waals surface area contributed by atoms with Gasteiger partial charge in [-0.15, -0.1) is 0 Å². The third kappa shape index (κ3) is 2.99. The van der Waals surface area contributed by atoms with Gasteiger partial charge in [-0.05, 0) is 26.0 Å². The lowest BCUT2D eigenvalue weighted by Gasteiger charge is -2.24. The Morgan fingerprint density at radius 2 is 2.14 bits per heavy atom. The van der Waals surface area contributed by atoms with E-state index < -0.39 is 33.7 Å². The number of benzene rings is 1. The number of nitro groups is 1. The van der Waals surface area contributed by atoms with Crippen LogP contribution in [0.25, 0.3) is 0 Å². The number of nitrogens with one attached hydrogen (secondary N) is 1. The normalized spacial score (nSPS) is 18.0. The Balaban J connectivity index is 2.38. The van der Waals surface area contributed by atoms with Gasteiger partial charge in [0.1, 0.15) is 5.56 Å². The first-order valence-corrected chi connectivity index (χ1v) is 6.54. The number of hydrogen-bond donors (Lipinski definition) is 1. The number of rotatable bonds is 4. The van der Waals surface area contributed by atoms with Gasteiger partial charge in [0.05, 0.1) is 11.0 Å². The highest BCUT2D eigenvalue weighted by molar-refractivity contribution is 5.98. The summed E-state index contributed by atoms with van der Waals surface area (Å²) in [6, 6.07) is 0.950. The zero-order chi connectivity index (χ0) is 15.6. The summed E-state index contributed by atoms with van der Waals surface area (Å²) in [6.45, 7) is 0.991. The van der Waals surface area contributed by atoms with Crippen LogP contribution in [0.3, 0.4) is 0 Å². The molecular formula is C13H15F2N3O3. The molecule has 1 aliphatic heterocycles. The predicted octanol–water partition coefficient (Wildman–Crippen LogP) is 1.70. The van der Waals surface area contributed by atoms with Gasteiger partial charge in [0, 0.05) is 19.1 Å². The predicted molar refractivity (Wildman–Crippen MR) is 71.0 cm³/mol. The zero-order valence-corrected chi connectivity index (χ0v) is 11.4. The number of nitro benzene ring substituents is 1. The van der Waals surface area contributed by atoms with Gasteiger partial charge in [0.2, 0.25) is 0 Å². The van der Waals surface area contributed by atoms with Crippen molar-refractivity contribution in [2.24, 2.45) is 0 Å². The molecular weight excluding hydrogens is 284 g/mol. The number of amides is 1. The number of likely N-dealkylation sites (tertiary alicyclic amines) is 1. The van der Waals surface area contributed by atoms with Crippen molar-refractivity contribution in [1.29, 1.82) is 0 Å². The fraction of sp³-hybridized carbons (Fsp3) is 0.462. The van der Waals surface area contributed by atoms with Crippen LogP contribution in [0.5, 0.6) is 0 Å². The molecule has 1 amide bonds. The van der Waals surface area contributed by atoms with Crippen LogP contribution in [0.4, 0.5) is 14.5 Å². The molecule has 0 bridgehead atoms. The van der Waals surface area contributed by atoms with E-state index in [0.717, 1.165) is 12.8 Å². The Hall–Kier alpha value is -2.09. The molecule has 21 heavy (non-hydrogen) atoms. The summed E-state index contributed by atoms with van der Waals surface area (Å²) in [5.74, 6) is -3.25. The summed E-state index contributed by atoms with van der Waals surface area (Å²) >= 11 is 0. The van der Waals surface area contributed by atoms with Crippen molar-refractivity contribution in [1.82, 2.24) is 10.2 Å². The number of carbonyl (C=O) groups is 1. The molecule has 114 valence electrons. The second-order valence-electron chi connectivity index (χ2n) is 4.89. The number of hydrogen-bond acceptors (Lipinski definition) is 4. The standard InChI is InChI=1S/C13H15F2N3O3/c1-16-7-8-3-2-4-17(8)13(19)9-5-10(14)11(15)6-12(9)18(20)21/h5-6,8,16H,2-4,7H2,1H3. The topological polar surface area (TPSA) is 75.5 Å². The van der Waals surface area contributed by atoms with Gasteiger partial charge < -0.3 is 10.2 Å². The van der Waals surface area contributed by atoms with Crippen molar-refractivity contribution in [3.8, 4) is 0 Å². The average molecular weight is 299 g/mol. The molecule has 1 unspecified atom stereocenters. The first kappa shape index (κ1) is 15.3. The van der Waals surface area contributed by atoms with Crippen LogP contribution in [0.1, 0.15) is 23.2 Å². The largest absolute Gasteiger partial charge is 0.334 e. The van der Waals surface area contributed by atoms with Crippen molar-refractivity contribution in [3.05, 3.63) is 39.4 Å². The molecule has 0 spiro atoms. The molecule has 1 saturated heterocycles. The van der Waals surface area contributed by atoms with Gasteiger partial charge in [0.25, 0.3) is 11.6 Å². The van der Waals surface area contributed by atoms with Gasteiger partial charge in [0.15, 0.2) is 11.6 Å². The molecule has 0 aromatic heterocycles. The van der Waals surface area contributed by atoms with Gasteiger partial charge in [-0.3, -0.25) is 14.9 Å². The molecule has 1 atom stereocenters. The molecule has 0 aliphatic carbocycles. The van der Waals surface area contributed by atoms with E-state index >= 15 is 0 Å². The minimum Gasteiger partial charge on any atom is -0.334 e. The van der Waals surface area contributed by atoms with Crippen molar-refractivity contribution in [3.63, 3.8) is 0 Å². The van der Waals surface area contributed by atoms with Crippen LogP contribution < -0.4 is 5.32 Å². The highest BCUT2D eigenvalue weighted by Gasteiger charge is 2.33.